The van der Waals surface area contributed by atoms with Crippen LogP contribution in [0, 0.1) is 6.92 Å². The largest absolute Gasteiger partial charge is 0.383 e. The summed E-state index contributed by atoms with van der Waals surface area (Å²) < 4.78 is 0.647. The molecule has 0 aliphatic carbocycles. The molecule has 0 aromatic carbocycles. The molecule has 0 saturated heterocycles. The molecular formula is C11H11ClN2OS. The number of halogens is 1. The molecular weight excluding hydrogens is 244 g/mol. The number of hydrogen-bond donors (Lipinski definition) is 2. The molecule has 0 fully saturated rings. The van der Waals surface area contributed by atoms with Crippen molar-refractivity contribution >= 4 is 28.8 Å². The molecule has 16 heavy (non-hydrogen) atoms. The Morgan fingerprint density at radius 1 is 1.44 bits per heavy atom. The minimum absolute atomic E-state index is 0.358. The van der Waals surface area contributed by atoms with Crippen LogP contribution in [0.4, 0.5) is 5.82 Å². The minimum atomic E-state index is -0.758. The number of aromatic nitrogens is 1. The molecule has 0 bridgehead atoms. The van der Waals surface area contributed by atoms with Crippen LogP contribution in [0.15, 0.2) is 24.4 Å². The maximum atomic E-state index is 10.2. The van der Waals surface area contributed by atoms with E-state index < -0.39 is 6.10 Å². The molecule has 1 atom stereocenters. The van der Waals surface area contributed by atoms with E-state index in [-0.39, 0.29) is 0 Å². The number of pyridine rings is 1. The van der Waals surface area contributed by atoms with E-state index in [1.54, 1.807) is 18.3 Å². The Bertz CT molecular complexity index is 492. The molecule has 2 aromatic rings. The van der Waals surface area contributed by atoms with Crippen LogP contribution in [-0.2, 0) is 0 Å². The highest BCUT2D eigenvalue weighted by atomic mass is 35.5. The van der Waals surface area contributed by atoms with Gasteiger partial charge in [-0.25, -0.2) is 4.98 Å². The maximum Gasteiger partial charge on any atom is 0.129 e. The lowest BCUT2D eigenvalue weighted by Crippen LogP contribution is -2.06. The second-order valence-electron chi connectivity index (χ2n) is 3.47. The van der Waals surface area contributed by atoms with Crippen LogP contribution in [0.5, 0.6) is 0 Å². The van der Waals surface area contributed by atoms with E-state index in [0.717, 1.165) is 10.4 Å². The van der Waals surface area contributed by atoms with Crippen molar-refractivity contribution in [2.24, 2.45) is 0 Å². The third-order valence-corrected chi connectivity index (χ3v) is 3.66. The monoisotopic (exact) mass is 254 g/mol. The van der Waals surface area contributed by atoms with Crippen molar-refractivity contribution in [1.29, 1.82) is 0 Å². The van der Waals surface area contributed by atoms with Crippen LogP contribution in [0.25, 0.3) is 0 Å². The van der Waals surface area contributed by atoms with Crippen molar-refractivity contribution in [3.8, 4) is 0 Å². The van der Waals surface area contributed by atoms with Crippen LogP contribution < -0.4 is 5.73 Å². The lowest BCUT2D eigenvalue weighted by atomic mass is 10.0. The van der Waals surface area contributed by atoms with Gasteiger partial charge in [-0.1, -0.05) is 11.6 Å². The van der Waals surface area contributed by atoms with Crippen molar-refractivity contribution in [2.45, 2.75) is 13.0 Å². The van der Waals surface area contributed by atoms with Gasteiger partial charge in [-0.05, 0) is 30.7 Å². The number of aryl methyl sites for hydroxylation is 1. The lowest BCUT2D eigenvalue weighted by molar-refractivity contribution is 0.224. The SMILES string of the molecule is Cc1ccnc(N)c1C(O)c1ccc(Cl)s1. The van der Waals surface area contributed by atoms with Crippen molar-refractivity contribution in [2.75, 3.05) is 5.73 Å². The molecule has 84 valence electrons. The number of thiophene rings is 1. The molecule has 0 radical (unpaired) electrons. The molecule has 0 saturated carbocycles. The number of anilines is 1. The summed E-state index contributed by atoms with van der Waals surface area (Å²) in [6, 6.07) is 5.38. The zero-order valence-corrected chi connectivity index (χ0v) is 10.2. The maximum absolute atomic E-state index is 10.2. The normalized spacial score (nSPS) is 12.7. The van der Waals surface area contributed by atoms with Gasteiger partial charge in [-0.3, -0.25) is 0 Å². The topological polar surface area (TPSA) is 59.1 Å². The molecule has 2 rings (SSSR count). The quantitative estimate of drug-likeness (QED) is 0.866. The summed E-state index contributed by atoms with van der Waals surface area (Å²) in [5.74, 6) is 0.358. The smallest absolute Gasteiger partial charge is 0.129 e. The first kappa shape index (κ1) is 11.4. The lowest BCUT2D eigenvalue weighted by Gasteiger charge is -2.13. The average molecular weight is 255 g/mol. The van der Waals surface area contributed by atoms with Gasteiger partial charge in [0.05, 0.1) is 4.34 Å². The van der Waals surface area contributed by atoms with E-state index in [1.165, 1.54) is 11.3 Å². The zero-order chi connectivity index (χ0) is 11.7. The van der Waals surface area contributed by atoms with Crippen molar-refractivity contribution < 1.29 is 5.11 Å². The summed E-state index contributed by atoms with van der Waals surface area (Å²) in [5, 5.41) is 10.2. The first-order chi connectivity index (χ1) is 7.59. The molecule has 1 unspecified atom stereocenters. The molecule has 2 aromatic heterocycles. The predicted molar refractivity (Wildman–Crippen MR) is 66.8 cm³/mol. The molecule has 3 N–H and O–H groups in total. The summed E-state index contributed by atoms with van der Waals surface area (Å²) in [6.45, 7) is 1.89. The summed E-state index contributed by atoms with van der Waals surface area (Å²) in [4.78, 5) is 4.75. The van der Waals surface area contributed by atoms with Crippen molar-refractivity contribution in [1.82, 2.24) is 4.98 Å². The predicted octanol–water partition coefficient (Wildman–Crippen LogP) is 2.77. The van der Waals surface area contributed by atoms with Gasteiger partial charge in [0.2, 0.25) is 0 Å². The Labute approximate surface area is 103 Å². The molecule has 0 amide bonds. The Morgan fingerprint density at radius 2 is 2.19 bits per heavy atom. The van der Waals surface area contributed by atoms with Crippen LogP contribution >= 0.6 is 22.9 Å². The highest BCUT2D eigenvalue weighted by molar-refractivity contribution is 7.16. The summed E-state index contributed by atoms with van der Waals surface area (Å²) in [6.07, 6.45) is 0.869. The van der Waals surface area contributed by atoms with E-state index in [0.29, 0.717) is 15.7 Å². The van der Waals surface area contributed by atoms with Gasteiger partial charge < -0.3 is 10.8 Å². The second-order valence-corrected chi connectivity index (χ2v) is 5.22. The summed E-state index contributed by atoms with van der Waals surface area (Å²) in [5.41, 5.74) is 7.34. The first-order valence-corrected chi connectivity index (χ1v) is 5.93. The fourth-order valence-electron chi connectivity index (χ4n) is 1.56. The minimum Gasteiger partial charge on any atom is -0.383 e. The van der Waals surface area contributed by atoms with Gasteiger partial charge in [0.25, 0.3) is 0 Å². The summed E-state index contributed by atoms with van der Waals surface area (Å²) in [7, 11) is 0. The van der Waals surface area contributed by atoms with Gasteiger partial charge in [0.15, 0.2) is 0 Å². The molecule has 0 spiro atoms. The molecule has 5 heteroatoms. The van der Waals surface area contributed by atoms with Gasteiger partial charge in [-0.15, -0.1) is 11.3 Å². The zero-order valence-electron chi connectivity index (χ0n) is 8.64. The Hall–Kier alpha value is -1.10. The number of rotatable bonds is 2. The highest BCUT2D eigenvalue weighted by Crippen LogP contribution is 2.33. The van der Waals surface area contributed by atoms with Gasteiger partial charge in [-0.2, -0.15) is 0 Å². The van der Waals surface area contributed by atoms with E-state index >= 15 is 0 Å². The van der Waals surface area contributed by atoms with Gasteiger partial charge >= 0.3 is 0 Å². The number of nitrogens with two attached hydrogens (primary N) is 1. The van der Waals surface area contributed by atoms with Crippen LogP contribution in [-0.4, -0.2) is 10.1 Å². The number of hydrogen-bond acceptors (Lipinski definition) is 4. The Morgan fingerprint density at radius 3 is 2.75 bits per heavy atom. The third kappa shape index (κ3) is 2.04. The van der Waals surface area contributed by atoms with E-state index in [1.807, 2.05) is 13.0 Å². The standard InChI is InChI=1S/C11H11ClN2OS/c1-6-4-5-14-11(13)9(6)10(15)7-2-3-8(12)16-7/h2-5,10,15H,1H3,(H2,13,14). The summed E-state index contributed by atoms with van der Waals surface area (Å²) >= 11 is 7.17. The van der Waals surface area contributed by atoms with Crippen LogP contribution in [0.1, 0.15) is 22.1 Å². The Balaban J connectivity index is 2.45. The van der Waals surface area contributed by atoms with Gasteiger partial charge in [0.1, 0.15) is 11.9 Å². The number of aliphatic hydroxyl groups excluding tert-OH is 1. The second kappa shape index (κ2) is 4.41. The Kier molecular flexibility index (Phi) is 3.14. The van der Waals surface area contributed by atoms with Crippen molar-refractivity contribution in [3.05, 3.63) is 44.7 Å². The van der Waals surface area contributed by atoms with Crippen LogP contribution in [0.3, 0.4) is 0 Å². The van der Waals surface area contributed by atoms with Crippen LogP contribution in [0.2, 0.25) is 4.34 Å². The van der Waals surface area contributed by atoms with E-state index in [2.05, 4.69) is 4.98 Å². The molecule has 3 nitrogen and oxygen atoms in total. The molecule has 0 aliphatic rings. The fraction of sp³-hybridized carbons (Fsp3) is 0.182. The van der Waals surface area contributed by atoms with Gasteiger partial charge in [0, 0.05) is 16.6 Å². The highest BCUT2D eigenvalue weighted by Gasteiger charge is 2.18. The number of aliphatic hydroxyl groups is 1. The third-order valence-electron chi connectivity index (χ3n) is 2.38. The number of nitrogens with zero attached hydrogens (tertiary/aromatic N) is 1. The molecule has 2 heterocycles. The fourth-order valence-corrected chi connectivity index (χ4v) is 2.62. The van der Waals surface area contributed by atoms with Crippen molar-refractivity contribution in [3.63, 3.8) is 0 Å². The first-order valence-electron chi connectivity index (χ1n) is 4.74. The van der Waals surface area contributed by atoms with E-state index in [9.17, 15) is 5.11 Å². The average Bonchev–Trinajstić information content (AvgIpc) is 2.64. The molecule has 0 aliphatic heterocycles. The number of nitrogen functional groups attached to an aromatic ring is 1. The van der Waals surface area contributed by atoms with E-state index in [4.69, 9.17) is 17.3 Å².